The summed E-state index contributed by atoms with van der Waals surface area (Å²) < 4.78 is 5.56. The predicted octanol–water partition coefficient (Wildman–Crippen LogP) is 2.79. The maximum Gasteiger partial charge on any atom is 0.122 e. The predicted molar refractivity (Wildman–Crippen MR) is 71.8 cm³/mol. The number of hydrogen-bond donors (Lipinski definition) is 1. The third-order valence-corrected chi connectivity index (χ3v) is 2.74. The van der Waals surface area contributed by atoms with Crippen LogP contribution in [0, 0.1) is 0 Å². The fourth-order valence-electron chi connectivity index (χ4n) is 1.67. The van der Waals surface area contributed by atoms with Crippen molar-refractivity contribution < 1.29 is 4.42 Å². The molecular weight excluding hydrogens is 212 g/mol. The Bertz CT molecular complexity index is 331. The lowest BCUT2D eigenvalue weighted by Gasteiger charge is -2.17. The molecule has 0 aliphatic heterocycles. The van der Waals surface area contributed by atoms with Gasteiger partial charge in [-0.05, 0) is 12.6 Å². The second-order valence-electron chi connectivity index (χ2n) is 4.52. The highest BCUT2D eigenvalue weighted by molar-refractivity contribution is 5.17. The van der Waals surface area contributed by atoms with Crippen LogP contribution in [0.2, 0.25) is 0 Å². The standard InChI is InChI=1S/C14H24N2O/c1-5-8-16(6-2)11-14-13(7-9-17-14)10-15-12(3)4/h5,7,9,12,15H,1,6,8,10-11H2,2-4H3. The van der Waals surface area contributed by atoms with Crippen LogP contribution in [0.3, 0.4) is 0 Å². The van der Waals surface area contributed by atoms with Gasteiger partial charge in [-0.15, -0.1) is 6.58 Å². The van der Waals surface area contributed by atoms with E-state index in [1.54, 1.807) is 6.26 Å². The van der Waals surface area contributed by atoms with Gasteiger partial charge in [0.1, 0.15) is 5.76 Å². The number of nitrogens with zero attached hydrogens (tertiary/aromatic N) is 1. The summed E-state index contributed by atoms with van der Waals surface area (Å²) in [7, 11) is 0. The molecule has 0 bridgehead atoms. The SMILES string of the molecule is C=CCN(CC)Cc1occc1CNC(C)C. The minimum atomic E-state index is 0.494. The van der Waals surface area contributed by atoms with Crippen LogP contribution in [0.15, 0.2) is 29.4 Å². The highest BCUT2D eigenvalue weighted by atomic mass is 16.3. The lowest BCUT2D eigenvalue weighted by atomic mass is 10.2. The van der Waals surface area contributed by atoms with Gasteiger partial charge in [-0.1, -0.05) is 26.8 Å². The van der Waals surface area contributed by atoms with Gasteiger partial charge in [0.05, 0.1) is 12.8 Å². The minimum absolute atomic E-state index is 0.494. The van der Waals surface area contributed by atoms with E-state index >= 15 is 0 Å². The fourth-order valence-corrected chi connectivity index (χ4v) is 1.67. The Hall–Kier alpha value is -1.06. The van der Waals surface area contributed by atoms with Crippen LogP contribution in [-0.2, 0) is 13.1 Å². The minimum Gasteiger partial charge on any atom is -0.468 e. The molecule has 1 rings (SSSR count). The number of furan rings is 1. The third-order valence-electron chi connectivity index (χ3n) is 2.74. The van der Waals surface area contributed by atoms with Crippen LogP contribution in [0.25, 0.3) is 0 Å². The molecular formula is C14H24N2O. The molecule has 0 atom stereocenters. The van der Waals surface area contributed by atoms with E-state index in [-0.39, 0.29) is 0 Å². The van der Waals surface area contributed by atoms with Gasteiger partial charge < -0.3 is 9.73 Å². The zero-order valence-corrected chi connectivity index (χ0v) is 11.2. The smallest absolute Gasteiger partial charge is 0.122 e. The molecule has 3 heteroatoms. The van der Waals surface area contributed by atoms with Crippen molar-refractivity contribution in [1.82, 2.24) is 10.2 Å². The van der Waals surface area contributed by atoms with E-state index in [9.17, 15) is 0 Å². The van der Waals surface area contributed by atoms with Gasteiger partial charge in [0.15, 0.2) is 0 Å². The molecule has 1 N–H and O–H groups in total. The maximum atomic E-state index is 5.56. The second-order valence-corrected chi connectivity index (χ2v) is 4.52. The van der Waals surface area contributed by atoms with Gasteiger partial charge in [0.25, 0.3) is 0 Å². The molecule has 3 nitrogen and oxygen atoms in total. The average Bonchev–Trinajstić information content (AvgIpc) is 2.73. The van der Waals surface area contributed by atoms with E-state index in [0.29, 0.717) is 6.04 Å². The summed E-state index contributed by atoms with van der Waals surface area (Å²) in [6.07, 6.45) is 3.70. The van der Waals surface area contributed by atoms with E-state index in [1.165, 1.54) is 5.56 Å². The lowest BCUT2D eigenvalue weighted by Crippen LogP contribution is -2.25. The van der Waals surface area contributed by atoms with Gasteiger partial charge in [-0.2, -0.15) is 0 Å². The van der Waals surface area contributed by atoms with Crippen molar-refractivity contribution in [2.24, 2.45) is 0 Å². The topological polar surface area (TPSA) is 28.4 Å². The number of hydrogen-bond acceptors (Lipinski definition) is 3. The molecule has 1 aromatic rings. The van der Waals surface area contributed by atoms with Crippen molar-refractivity contribution in [3.63, 3.8) is 0 Å². The molecule has 0 aliphatic carbocycles. The van der Waals surface area contributed by atoms with E-state index in [1.807, 2.05) is 12.1 Å². The van der Waals surface area contributed by atoms with Crippen molar-refractivity contribution in [2.75, 3.05) is 13.1 Å². The van der Waals surface area contributed by atoms with Gasteiger partial charge in [-0.3, -0.25) is 4.90 Å². The van der Waals surface area contributed by atoms with Crippen LogP contribution < -0.4 is 5.32 Å². The van der Waals surface area contributed by atoms with Crippen molar-refractivity contribution >= 4 is 0 Å². The quantitative estimate of drug-likeness (QED) is 0.704. The third kappa shape index (κ3) is 4.75. The summed E-state index contributed by atoms with van der Waals surface area (Å²) in [5.74, 6) is 1.06. The van der Waals surface area contributed by atoms with E-state index in [2.05, 4.69) is 37.6 Å². The Balaban J connectivity index is 2.57. The Morgan fingerprint density at radius 2 is 2.29 bits per heavy atom. The van der Waals surface area contributed by atoms with Crippen molar-refractivity contribution in [3.8, 4) is 0 Å². The van der Waals surface area contributed by atoms with Crippen molar-refractivity contribution in [2.45, 2.75) is 39.9 Å². The van der Waals surface area contributed by atoms with Crippen LogP contribution >= 0.6 is 0 Å². The van der Waals surface area contributed by atoms with Crippen molar-refractivity contribution in [3.05, 3.63) is 36.3 Å². The Labute approximate surface area is 104 Å². The molecule has 0 unspecified atom stereocenters. The van der Waals surface area contributed by atoms with Crippen molar-refractivity contribution in [1.29, 1.82) is 0 Å². The molecule has 96 valence electrons. The second kappa shape index (κ2) is 7.30. The van der Waals surface area contributed by atoms with Crippen LogP contribution in [0.4, 0.5) is 0 Å². The molecule has 0 aliphatic rings. The first-order valence-electron chi connectivity index (χ1n) is 6.29. The molecule has 0 spiro atoms. The summed E-state index contributed by atoms with van der Waals surface area (Å²) in [5.41, 5.74) is 1.25. The highest BCUT2D eigenvalue weighted by Gasteiger charge is 2.10. The summed E-state index contributed by atoms with van der Waals surface area (Å²) in [6, 6.07) is 2.54. The number of rotatable bonds is 8. The van der Waals surface area contributed by atoms with Gasteiger partial charge in [0.2, 0.25) is 0 Å². The molecule has 17 heavy (non-hydrogen) atoms. The van der Waals surface area contributed by atoms with E-state index in [0.717, 1.165) is 31.9 Å². The maximum absolute atomic E-state index is 5.56. The first kappa shape index (κ1) is 14.0. The first-order valence-corrected chi connectivity index (χ1v) is 6.29. The molecule has 0 saturated carbocycles. The Morgan fingerprint density at radius 1 is 1.53 bits per heavy atom. The molecule has 0 amide bonds. The largest absolute Gasteiger partial charge is 0.468 e. The van der Waals surface area contributed by atoms with E-state index in [4.69, 9.17) is 4.42 Å². The van der Waals surface area contributed by atoms with Gasteiger partial charge in [0, 0.05) is 24.7 Å². The Kier molecular flexibility index (Phi) is 6.01. The zero-order valence-electron chi connectivity index (χ0n) is 11.2. The Morgan fingerprint density at radius 3 is 2.88 bits per heavy atom. The summed E-state index contributed by atoms with van der Waals surface area (Å²) in [6.45, 7) is 13.8. The van der Waals surface area contributed by atoms with Gasteiger partial charge in [-0.25, -0.2) is 0 Å². The fraction of sp³-hybridized carbons (Fsp3) is 0.571. The summed E-state index contributed by atoms with van der Waals surface area (Å²) in [5, 5.41) is 3.41. The van der Waals surface area contributed by atoms with Crippen LogP contribution in [0.5, 0.6) is 0 Å². The average molecular weight is 236 g/mol. The monoisotopic (exact) mass is 236 g/mol. The molecule has 0 aromatic carbocycles. The van der Waals surface area contributed by atoms with E-state index < -0.39 is 0 Å². The van der Waals surface area contributed by atoms with Crippen LogP contribution in [-0.4, -0.2) is 24.0 Å². The molecule has 1 aromatic heterocycles. The highest BCUT2D eigenvalue weighted by Crippen LogP contribution is 2.13. The molecule has 0 fully saturated rings. The van der Waals surface area contributed by atoms with Gasteiger partial charge >= 0.3 is 0 Å². The lowest BCUT2D eigenvalue weighted by molar-refractivity contribution is 0.279. The normalized spacial score (nSPS) is 11.4. The zero-order chi connectivity index (χ0) is 12.7. The van der Waals surface area contributed by atoms with Crippen LogP contribution in [0.1, 0.15) is 32.1 Å². The summed E-state index contributed by atoms with van der Waals surface area (Å²) in [4.78, 5) is 2.30. The number of likely N-dealkylation sites (N-methyl/N-ethyl adjacent to an activating group) is 1. The first-order chi connectivity index (χ1) is 8.17. The molecule has 1 heterocycles. The molecule has 0 saturated heterocycles. The molecule has 0 radical (unpaired) electrons. The number of nitrogens with one attached hydrogen (secondary N) is 1. The summed E-state index contributed by atoms with van der Waals surface area (Å²) >= 11 is 0.